The Balaban J connectivity index is 2.05. The molecule has 0 aliphatic heterocycles. The van der Waals surface area contributed by atoms with Crippen LogP contribution < -0.4 is 11.3 Å². The fourth-order valence-electron chi connectivity index (χ4n) is 1.27. The van der Waals surface area contributed by atoms with E-state index in [1.54, 1.807) is 6.92 Å². The molecule has 0 bridgehead atoms. The predicted molar refractivity (Wildman–Crippen MR) is 64.6 cm³/mol. The number of aryl methyl sites for hydroxylation is 1. The van der Waals surface area contributed by atoms with E-state index >= 15 is 0 Å². The van der Waals surface area contributed by atoms with Gasteiger partial charge in [0.2, 0.25) is 0 Å². The fraction of sp³-hybridized carbons (Fsp3) is 0.222. The number of hydrazine groups is 1. The van der Waals surface area contributed by atoms with E-state index in [0.717, 1.165) is 9.90 Å². The Hall–Kier alpha value is -1.38. The highest BCUT2D eigenvalue weighted by atomic mass is 32.2. The lowest BCUT2D eigenvalue weighted by atomic mass is 10.2. The molecule has 2 aromatic heterocycles. The summed E-state index contributed by atoms with van der Waals surface area (Å²) in [5.74, 6) is 6.20. The van der Waals surface area contributed by atoms with Crippen LogP contribution in [0.5, 0.6) is 0 Å². The SMILES string of the molecule is Cc1cc(CSc2ncns2)oc1C(=O)NN. The summed E-state index contributed by atoms with van der Waals surface area (Å²) < 4.78 is 10.2. The quantitative estimate of drug-likeness (QED) is 0.377. The van der Waals surface area contributed by atoms with Gasteiger partial charge in [0.1, 0.15) is 12.1 Å². The van der Waals surface area contributed by atoms with Crippen LogP contribution in [0.15, 0.2) is 21.2 Å². The molecule has 0 aliphatic carbocycles. The Labute approximate surface area is 106 Å². The molecule has 0 unspecified atom stereocenters. The van der Waals surface area contributed by atoms with Crippen molar-refractivity contribution in [1.29, 1.82) is 0 Å². The van der Waals surface area contributed by atoms with E-state index in [0.29, 0.717) is 11.5 Å². The van der Waals surface area contributed by atoms with Crippen LogP contribution in [0.2, 0.25) is 0 Å². The van der Waals surface area contributed by atoms with Crippen molar-refractivity contribution in [2.75, 3.05) is 0 Å². The number of nitrogen functional groups attached to an aromatic ring is 1. The smallest absolute Gasteiger partial charge is 0.301 e. The summed E-state index contributed by atoms with van der Waals surface area (Å²) in [5, 5.41) is 0. The molecule has 0 saturated carbocycles. The maximum absolute atomic E-state index is 11.3. The largest absolute Gasteiger partial charge is 0.455 e. The maximum Gasteiger partial charge on any atom is 0.301 e. The van der Waals surface area contributed by atoms with Crippen molar-refractivity contribution in [3.8, 4) is 0 Å². The van der Waals surface area contributed by atoms with Crippen LogP contribution in [0.1, 0.15) is 21.9 Å². The first-order chi connectivity index (χ1) is 8.20. The van der Waals surface area contributed by atoms with Crippen molar-refractivity contribution in [2.45, 2.75) is 17.0 Å². The third-order valence-corrected chi connectivity index (χ3v) is 3.80. The summed E-state index contributed by atoms with van der Waals surface area (Å²) in [4.78, 5) is 15.4. The summed E-state index contributed by atoms with van der Waals surface area (Å²) in [5.41, 5.74) is 2.81. The highest BCUT2D eigenvalue weighted by molar-refractivity contribution is 8.00. The van der Waals surface area contributed by atoms with Crippen LogP contribution in [0.25, 0.3) is 0 Å². The zero-order valence-electron chi connectivity index (χ0n) is 8.97. The minimum Gasteiger partial charge on any atom is -0.455 e. The van der Waals surface area contributed by atoms with E-state index in [2.05, 4.69) is 9.36 Å². The van der Waals surface area contributed by atoms with Gasteiger partial charge in [-0.15, -0.1) is 0 Å². The van der Waals surface area contributed by atoms with Crippen LogP contribution in [0.3, 0.4) is 0 Å². The first-order valence-corrected chi connectivity index (χ1v) is 6.46. The average molecular weight is 270 g/mol. The van der Waals surface area contributed by atoms with E-state index in [9.17, 15) is 4.79 Å². The first-order valence-electron chi connectivity index (χ1n) is 4.70. The number of amides is 1. The second-order valence-electron chi connectivity index (χ2n) is 3.19. The van der Waals surface area contributed by atoms with Gasteiger partial charge < -0.3 is 4.42 Å². The molecule has 0 fully saturated rings. The van der Waals surface area contributed by atoms with Crippen LogP contribution in [-0.4, -0.2) is 15.3 Å². The third-order valence-electron chi connectivity index (χ3n) is 1.99. The van der Waals surface area contributed by atoms with E-state index in [1.165, 1.54) is 29.6 Å². The van der Waals surface area contributed by atoms with Gasteiger partial charge >= 0.3 is 5.91 Å². The zero-order chi connectivity index (χ0) is 12.3. The van der Waals surface area contributed by atoms with Crippen molar-refractivity contribution in [2.24, 2.45) is 5.84 Å². The van der Waals surface area contributed by atoms with E-state index in [4.69, 9.17) is 10.3 Å². The summed E-state index contributed by atoms with van der Waals surface area (Å²) in [6.45, 7) is 1.80. The van der Waals surface area contributed by atoms with Gasteiger partial charge in [0.15, 0.2) is 10.1 Å². The van der Waals surface area contributed by atoms with Crippen LogP contribution in [0.4, 0.5) is 0 Å². The molecule has 1 amide bonds. The molecule has 6 nitrogen and oxygen atoms in total. The average Bonchev–Trinajstić information content (AvgIpc) is 2.94. The number of carbonyl (C=O) groups excluding carboxylic acids is 1. The summed E-state index contributed by atoms with van der Waals surface area (Å²) in [7, 11) is 0. The van der Waals surface area contributed by atoms with Crippen molar-refractivity contribution in [1.82, 2.24) is 14.8 Å². The first kappa shape index (κ1) is 12.1. The van der Waals surface area contributed by atoms with E-state index in [-0.39, 0.29) is 5.76 Å². The molecule has 0 aliphatic rings. The normalized spacial score (nSPS) is 10.5. The predicted octanol–water partition coefficient (Wildman–Crippen LogP) is 1.34. The van der Waals surface area contributed by atoms with Crippen LogP contribution in [0, 0.1) is 6.92 Å². The molecule has 0 aromatic carbocycles. The molecule has 0 radical (unpaired) electrons. The number of aromatic nitrogens is 2. The molecule has 3 N–H and O–H groups in total. The lowest BCUT2D eigenvalue weighted by molar-refractivity contribution is 0.0923. The number of nitrogens with zero attached hydrogens (tertiary/aromatic N) is 2. The highest BCUT2D eigenvalue weighted by Gasteiger charge is 2.14. The molecule has 0 spiro atoms. The molecular weight excluding hydrogens is 260 g/mol. The van der Waals surface area contributed by atoms with Gasteiger partial charge in [0.25, 0.3) is 0 Å². The second kappa shape index (κ2) is 5.30. The van der Waals surface area contributed by atoms with Crippen LogP contribution >= 0.6 is 23.3 Å². The number of thioether (sulfide) groups is 1. The number of furan rings is 1. The Bertz CT molecular complexity index is 509. The molecule has 0 saturated heterocycles. The van der Waals surface area contributed by atoms with Gasteiger partial charge in [0, 0.05) is 5.56 Å². The standard InChI is InChI=1S/C9H10N4O2S2/c1-5-2-6(15-7(5)8(14)13-10)3-16-9-11-4-12-17-9/h2,4H,3,10H2,1H3,(H,13,14). The zero-order valence-corrected chi connectivity index (χ0v) is 10.6. The van der Waals surface area contributed by atoms with E-state index in [1.807, 2.05) is 11.5 Å². The monoisotopic (exact) mass is 270 g/mol. The Morgan fingerprint density at radius 2 is 2.53 bits per heavy atom. The number of nitrogens with two attached hydrogens (primary N) is 1. The highest BCUT2D eigenvalue weighted by Crippen LogP contribution is 2.25. The summed E-state index contributed by atoms with van der Waals surface area (Å²) >= 11 is 2.83. The van der Waals surface area contributed by atoms with E-state index < -0.39 is 5.91 Å². The third kappa shape index (κ3) is 2.84. The molecular formula is C9H10N4O2S2. The molecule has 8 heteroatoms. The Morgan fingerprint density at radius 1 is 1.71 bits per heavy atom. The molecule has 90 valence electrons. The molecule has 2 rings (SSSR count). The fourth-order valence-corrected chi connectivity index (χ4v) is 2.59. The minimum atomic E-state index is -0.422. The van der Waals surface area contributed by atoms with Crippen molar-refractivity contribution < 1.29 is 9.21 Å². The number of carbonyl (C=O) groups is 1. The molecule has 2 aromatic rings. The summed E-state index contributed by atoms with van der Waals surface area (Å²) in [6, 6.07) is 1.82. The van der Waals surface area contributed by atoms with Gasteiger partial charge in [-0.05, 0) is 24.5 Å². The number of hydrogen-bond donors (Lipinski definition) is 2. The second-order valence-corrected chi connectivity index (χ2v) is 5.20. The maximum atomic E-state index is 11.3. The lowest BCUT2D eigenvalue weighted by Crippen LogP contribution is -2.30. The van der Waals surface area contributed by atoms with Crippen molar-refractivity contribution in [3.63, 3.8) is 0 Å². The minimum absolute atomic E-state index is 0.250. The number of hydrogen-bond acceptors (Lipinski definition) is 7. The van der Waals surface area contributed by atoms with Crippen molar-refractivity contribution in [3.05, 3.63) is 29.5 Å². The number of rotatable bonds is 4. The van der Waals surface area contributed by atoms with Gasteiger partial charge in [-0.2, -0.15) is 4.37 Å². The molecule has 0 atom stereocenters. The Morgan fingerprint density at radius 3 is 3.18 bits per heavy atom. The summed E-state index contributed by atoms with van der Waals surface area (Å²) in [6.07, 6.45) is 1.51. The lowest BCUT2D eigenvalue weighted by Gasteiger charge is -1.95. The topological polar surface area (TPSA) is 94.0 Å². The molecule has 2 heterocycles. The Kier molecular flexibility index (Phi) is 3.77. The van der Waals surface area contributed by atoms with Crippen LogP contribution in [-0.2, 0) is 5.75 Å². The number of nitrogens with one attached hydrogen (secondary N) is 1. The van der Waals surface area contributed by atoms with Gasteiger partial charge in [0.05, 0.1) is 5.75 Å². The van der Waals surface area contributed by atoms with Crippen molar-refractivity contribution >= 4 is 29.2 Å². The van der Waals surface area contributed by atoms with Gasteiger partial charge in [-0.3, -0.25) is 10.2 Å². The molecule has 17 heavy (non-hydrogen) atoms. The van der Waals surface area contributed by atoms with Gasteiger partial charge in [-0.25, -0.2) is 10.8 Å². The van der Waals surface area contributed by atoms with Gasteiger partial charge in [-0.1, -0.05) is 11.8 Å².